The predicted octanol–water partition coefficient (Wildman–Crippen LogP) is 3.68. The molecule has 2 heterocycles. The van der Waals surface area contributed by atoms with Crippen molar-refractivity contribution in [2.75, 3.05) is 25.4 Å². The number of rotatable bonds is 5. The van der Waals surface area contributed by atoms with Gasteiger partial charge in [-0.2, -0.15) is 11.8 Å². The van der Waals surface area contributed by atoms with Crippen molar-refractivity contribution in [2.45, 2.75) is 18.3 Å². The van der Waals surface area contributed by atoms with Gasteiger partial charge in [0.15, 0.2) is 0 Å². The van der Waals surface area contributed by atoms with Crippen LogP contribution in [0.25, 0.3) is 0 Å². The lowest BCUT2D eigenvalue weighted by molar-refractivity contribution is -0.129. The third-order valence-electron chi connectivity index (χ3n) is 4.15. The first kappa shape index (κ1) is 18.8. The Bertz CT molecular complexity index is 707. The molecule has 138 valence electrons. The maximum atomic E-state index is 12.4. The summed E-state index contributed by atoms with van der Waals surface area (Å²) < 4.78 is 5.13. The van der Waals surface area contributed by atoms with Gasteiger partial charge in [0, 0.05) is 29.0 Å². The summed E-state index contributed by atoms with van der Waals surface area (Å²) in [4.78, 5) is 27.3. The summed E-state index contributed by atoms with van der Waals surface area (Å²) in [6.07, 6.45) is 0.373. The minimum Gasteiger partial charge on any atom is -0.445 e. The molecule has 26 heavy (non-hydrogen) atoms. The van der Waals surface area contributed by atoms with Crippen molar-refractivity contribution in [1.29, 1.82) is 0 Å². The van der Waals surface area contributed by atoms with Gasteiger partial charge < -0.3 is 15.0 Å². The zero-order valence-corrected chi connectivity index (χ0v) is 16.1. The van der Waals surface area contributed by atoms with E-state index in [9.17, 15) is 9.59 Å². The number of hydrogen-bond donors (Lipinski definition) is 1. The van der Waals surface area contributed by atoms with E-state index in [0.29, 0.717) is 11.8 Å². The van der Waals surface area contributed by atoms with Crippen molar-refractivity contribution < 1.29 is 14.3 Å². The number of nitrogens with one attached hydrogen (secondary N) is 1. The average Bonchev–Trinajstić information content (AvgIpc) is 3.10. The van der Waals surface area contributed by atoms with Crippen molar-refractivity contribution in [2.24, 2.45) is 0 Å². The molecule has 0 saturated carbocycles. The van der Waals surface area contributed by atoms with Gasteiger partial charge in [-0.1, -0.05) is 36.4 Å². The lowest BCUT2D eigenvalue weighted by Gasteiger charge is -2.20. The first-order valence-corrected chi connectivity index (χ1v) is 10.5. The highest BCUT2D eigenvalue weighted by Crippen LogP contribution is 2.36. The van der Waals surface area contributed by atoms with Crippen LogP contribution >= 0.6 is 23.1 Å². The van der Waals surface area contributed by atoms with Crippen LogP contribution in [-0.4, -0.2) is 42.3 Å². The molecule has 1 atom stereocenters. The van der Waals surface area contributed by atoms with Crippen LogP contribution in [0.5, 0.6) is 0 Å². The molecule has 7 heteroatoms. The number of thioether (sulfide) groups is 1. The van der Waals surface area contributed by atoms with Gasteiger partial charge in [-0.05, 0) is 23.4 Å². The lowest BCUT2D eigenvalue weighted by atomic mass is 10.2. The number of amides is 2. The van der Waals surface area contributed by atoms with Gasteiger partial charge in [-0.25, -0.2) is 4.79 Å². The Morgan fingerprint density at radius 2 is 2.00 bits per heavy atom. The van der Waals surface area contributed by atoms with E-state index in [1.165, 1.54) is 4.88 Å². The van der Waals surface area contributed by atoms with Crippen LogP contribution in [0.3, 0.4) is 0 Å². The van der Waals surface area contributed by atoms with Crippen LogP contribution in [0.2, 0.25) is 0 Å². The van der Waals surface area contributed by atoms with Gasteiger partial charge >= 0.3 is 6.09 Å². The SMILES string of the molecule is O=C(NCC(=O)N1CCSC(c2cccs2)CC1)OCc1ccccc1. The molecule has 1 saturated heterocycles. The smallest absolute Gasteiger partial charge is 0.407 e. The first-order valence-electron chi connectivity index (χ1n) is 8.59. The monoisotopic (exact) mass is 390 g/mol. The molecule has 1 aromatic heterocycles. The fourth-order valence-corrected chi connectivity index (χ4v) is 4.99. The summed E-state index contributed by atoms with van der Waals surface area (Å²) in [5, 5.41) is 5.10. The van der Waals surface area contributed by atoms with Crippen LogP contribution in [0, 0.1) is 0 Å². The summed E-state index contributed by atoms with van der Waals surface area (Å²) in [7, 11) is 0. The molecule has 0 radical (unpaired) electrons. The van der Waals surface area contributed by atoms with E-state index >= 15 is 0 Å². The third-order valence-corrected chi connectivity index (χ3v) is 6.60. The number of hydrogen-bond acceptors (Lipinski definition) is 5. The molecular weight excluding hydrogens is 368 g/mol. The Kier molecular flexibility index (Phi) is 6.96. The highest BCUT2D eigenvalue weighted by Gasteiger charge is 2.22. The second-order valence-corrected chi connectivity index (χ2v) is 8.25. The maximum Gasteiger partial charge on any atom is 0.407 e. The molecule has 1 unspecified atom stereocenters. The number of alkyl carbamates (subject to hydrolysis) is 1. The average molecular weight is 391 g/mol. The molecule has 0 spiro atoms. The molecule has 1 aliphatic rings. The second kappa shape index (κ2) is 9.64. The fraction of sp³-hybridized carbons (Fsp3) is 0.368. The first-order chi connectivity index (χ1) is 12.7. The number of nitrogens with zero attached hydrogens (tertiary/aromatic N) is 1. The van der Waals surface area contributed by atoms with Crippen LogP contribution in [0.15, 0.2) is 47.8 Å². The van der Waals surface area contributed by atoms with Crippen LogP contribution in [0.1, 0.15) is 22.1 Å². The summed E-state index contributed by atoms with van der Waals surface area (Å²) >= 11 is 3.67. The molecule has 1 aromatic carbocycles. The quantitative estimate of drug-likeness (QED) is 0.846. The van der Waals surface area contributed by atoms with Crippen molar-refractivity contribution in [3.63, 3.8) is 0 Å². The molecule has 1 fully saturated rings. The Hall–Kier alpha value is -1.99. The van der Waals surface area contributed by atoms with Gasteiger partial charge in [-0.3, -0.25) is 4.79 Å². The standard InChI is InChI=1S/C19H22N2O3S2/c22-18(13-20-19(23)24-14-15-5-2-1-3-6-15)21-9-8-17(26-12-10-21)16-7-4-11-25-16/h1-7,11,17H,8-10,12-14H2,(H,20,23). The number of carbonyl (C=O) groups excluding carboxylic acids is 2. The third kappa shape index (κ3) is 5.51. The predicted molar refractivity (Wildman–Crippen MR) is 105 cm³/mol. The normalized spacial score (nSPS) is 17.4. The minimum atomic E-state index is -0.567. The van der Waals surface area contributed by atoms with Crippen molar-refractivity contribution >= 4 is 35.1 Å². The molecule has 5 nitrogen and oxygen atoms in total. The van der Waals surface area contributed by atoms with E-state index in [4.69, 9.17) is 4.74 Å². The molecule has 2 aromatic rings. The molecule has 0 bridgehead atoms. The molecule has 0 aliphatic carbocycles. The van der Waals surface area contributed by atoms with Gasteiger partial charge in [-0.15, -0.1) is 11.3 Å². The zero-order chi connectivity index (χ0) is 18.2. The van der Waals surface area contributed by atoms with Crippen LogP contribution in [-0.2, 0) is 16.1 Å². The molecular formula is C19H22N2O3S2. The maximum absolute atomic E-state index is 12.4. The van der Waals surface area contributed by atoms with E-state index in [2.05, 4.69) is 22.8 Å². The van der Waals surface area contributed by atoms with Crippen molar-refractivity contribution in [1.82, 2.24) is 10.2 Å². The zero-order valence-electron chi connectivity index (χ0n) is 14.4. The number of benzene rings is 1. The summed E-state index contributed by atoms with van der Waals surface area (Å²) in [5.41, 5.74) is 0.915. The molecule has 1 aliphatic heterocycles. The highest BCUT2D eigenvalue weighted by molar-refractivity contribution is 7.99. The molecule has 3 rings (SSSR count). The van der Waals surface area contributed by atoms with E-state index < -0.39 is 6.09 Å². The molecule has 1 N–H and O–H groups in total. The van der Waals surface area contributed by atoms with Gasteiger partial charge in [0.25, 0.3) is 0 Å². The minimum absolute atomic E-state index is 0.0258. The van der Waals surface area contributed by atoms with Gasteiger partial charge in [0.1, 0.15) is 13.2 Å². The topological polar surface area (TPSA) is 58.6 Å². The second-order valence-electron chi connectivity index (χ2n) is 5.96. The number of ether oxygens (including phenoxy) is 1. The van der Waals surface area contributed by atoms with Gasteiger partial charge in [0.2, 0.25) is 5.91 Å². The highest BCUT2D eigenvalue weighted by atomic mass is 32.2. The van der Waals surface area contributed by atoms with Crippen LogP contribution in [0.4, 0.5) is 4.79 Å². The van der Waals surface area contributed by atoms with E-state index in [-0.39, 0.29) is 19.1 Å². The Morgan fingerprint density at radius 1 is 1.15 bits per heavy atom. The van der Waals surface area contributed by atoms with E-state index in [0.717, 1.165) is 24.3 Å². The Labute approximate surface area is 161 Å². The summed E-state index contributed by atoms with van der Waals surface area (Å²) in [6.45, 7) is 1.60. The Balaban J connectivity index is 1.39. The van der Waals surface area contributed by atoms with Crippen molar-refractivity contribution in [3.05, 3.63) is 58.3 Å². The largest absolute Gasteiger partial charge is 0.445 e. The van der Waals surface area contributed by atoms with Crippen LogP contribution < -0.4 is 5.32 Å². The van der Waals surface area contributed by atoms with Gasteiger partial charge in [0.05, 0.1) is 0 Å². The Morgan fingerprint density at radius 3 is 2.77 bits per heavy atom. The summed E-state index contributed by atoms with van der Waals surface area (Å²) in [6, 6.07) is 13.7. The summed E-state index contributed by atoms with van der Waals surface area (Å²) in [5.74, 6) is 0.848. The van der Waals surface area contributed by atoms with Crippen molar-refractivity contribution in [3.8, 4) is 0 Å². The molecule has 2 amide bonds. The number of carbonyl (C=O) groups is 2. The van der Waals surface area contributed by atoms with E-state index in [1.54, 1.807) is 11.3 Å². The fourth-order valence-electron chi connectivity index (χ4n) is 2.76. The number of thiophene rings is 1. The van der Waals surface area contributed by atoms with E-state index in [1.807, 2.05) is 47.0 Å². The lowest BCUT2D eigenvalue weighted by Crippen LogP contribution is -2.41.